The van der Waals surface area contributed by atoms with Gasteiger partial charge in [0.15, 0.2) is 11.5 Å². The van der Waals surface area contributed by atoms with Crippen LogP contribution in [0.1, 0.15) is 63.6 Å². The lowest BCUT2D eigenvalue weighted by atomic mass is 9.52. The summed E-state index contributed by atoms with van der Waals surface area (Å²) in [5.41, 5.74) is 6.45. The van der Waals surface area contributed by atoms with Gasteiger partial charge in [0.25, 0.3) is 0 Å². The molecule has 2 N–H and O–H groups in total. The number of benzene rings is 3. The number of rotatable bonds is 0. The Hall–Kier alpha value is -2.68. The molecule has 1 aliphatic heterocycles. The summed E-state index contributed by atoms with van der Waals surface area (Å²) in [6, 6.07) is 12.5. The first kappa shape index (κ1) is 19.0. The zero-order chi connectivity index (χ0) is 21.8. The van der Waals surface area contributed by atoms with Gasteiger partial charge in [-0.2, -0.15) is 0 Å². The molecule has 31 heavy (non-hydrogen) atoms. The van der Waals surface area contributed by atoms with Gasteiger partial charge in [-0.15, -0.1) is 0 Å². The summed E-state index contributed by atoms with van der Waals surface area (Å²) in [5, 5.41) is 23.5. The van der Waals surface area contributed by atoms with Crippen molar-refractivity contribution in [2.75, 3.05) is 6.61 Å². The Morgan fingerprint density at radius 3 is 2.29 bits per heavy atom. The highest BCUT2D eigenvalue weighted by atomic mass is 16.5. The van der Waals surface area contributed by atoms with E-state index in [2.05, 4.69) is 52.0 Å². The zero-order valence-corrected chi connectivity index (χ0v) is 18.8. The second-order valence-electron chi connectivity index (χ2n) is 11.5. The normalized spacial score (nSPS) is 21.5. The smallest absolute Gasteiger partial charge is 0.164 e. The van der Waals surface area contributed by atoms with Crippen LogP contribution in [0.3, 0.4) is 0 Å². The lowest BCUT2D eigenvalue weighted by molar-refractivity contribution is 0.0645. The quantitative estimate of drug-likeness (QED) is 0.431. The van der Waals surface area contributed by atoms with Gasteiger partial charge >= 0.3 is 0 Å². The summed E-state index contributed by atoms with van der Waals surface area (Å²) in [4.78, 5) is 0. The van der Waals surface area contributed by atoms with Gasteiger partial charge in [-0.3, -0.25) is 0 Å². The van der Waals surface area contributed by atoms with Gasteiger partial charge in [-0.05, 0) is 64.5 Å². The maximum Gasteiger partial charge on any atom is 0.164 e. The average molecular weight is 415 g/mol. The van der Waals surface area contributed by atoms with Crippen molar-refractivity contribution in [3.05, 3.63) is 53.1 Å². The predicted molar refractivity (Wildman–Crippen MR) is 124 cm³/mol. The first-order valence-electron chi connectivity index (χ1n) is 11.4. The van der Waals surface area contributed by atoms with Crippen molar-refractivity contribution in [2.45, 2.75) is 58.8 Å². The van der Waals surface area contributed by atoms with E-state index in [9.17, 15) is 10.2 Å². The molecule has 160 valence electrons. The molecule has 1 spiro atoms. The number of phenolic OH excluding ortho intramolecular Hbond substituents is 2. The molecule has 0 amide bonds. The fourth-order valence-electron chi connectivity index (χ4n) is 7.69. The fourth-order valence-corrected chi connectivity index (χ4v) is 7.69. The number of hydrogen-bond acceptors (Lipinski definition) is 3. The number of aromatic hydroxyl groups is 2. The Morgan fingerprint density at radius 1 is 0.839 bits per heavy atom. The molecular weight excluding hydrogens is 384 g/mol. The highest BCUT2D eigenvalue weighted by Gasteiger charge is 2.53. The van der Waals surface area contributed by atoms with Crippen LogP contribution in [0.4, 0.5) is 0 Å². The molecule has 3 aromatic rings. The first-order chi connectivity index (χ1) is 14.6. The Labute approximate surface area is 183 Å². The maximum absolute atomic E-state index is 11.2. The minimum absolute atomic E-state index is 0.118. The Morgan fingerprint density at radius 2 is 1.55 bits per heavy atom. The van der Waals surface area contributed by atoms with Gasteiger partial charge in [0.05, 0.1) is 6.61 Å². The summed E-state index contributed by atoms with van der Waals surface area (Å²) >= 11 is 0. The van der Waals surface area contributed by atoms with E-state index in [1.165, 1.54) is 28.7 Å². The molecule has 0 bridgehead atoms. The van der Waals surface area contributed by atoms with Crippen molar-refractivity contribution < 1.29 is 14.9 Å². The van der Waals surface area contributed by atoms with E-state index in [4.69, 9.17) is 4.74 Å². The SMILES string of the molecule is CC1(C)CC(C)(C)CC2(C1)c1ccccc1-c1c2cc(O)c2cc(O)c3c(c12)CCO3. The van der Waals surface area contributed by atoms with E-state index in [0.717, 1.165) is 35.6 Å². The van der Waals surface area contributed by atoms with Crippen LogP contribution >= 0.6 is 0 Å². The molecule has 1 saturated carbocycles. The van der Waals surface area contributed by atoms with E-state index >= 15 is 0 Å². The zero-order valence-electron chi connectivity index (χ0n) is 18.8. The van der Waals surface area contributed by atoms with Crippen LogP contribution < -0.4 is 4.74 Å². The maximum atomic E-state index is 11.2. The van der Waals surface area contributed by atoms with Crippen LogP contribution in [0.5, 0.6) is 17.2 Å². The van der Waals surface area contributed by atoms with Gasteiger partial charge in [0.1, 0.15) is 5.75 Å². The largest absolute Gasteiger partial charge is 0.507 e. The lowest BCUT2D eigenvalue weighted by Gasteiger charge is -2.51. The number of fused-ring (bicyclic) bond motifs is 9. The van der Waals surface area contributed by atoms with Crippen molar-refractivity contribution >= 4 is 10.8 Å². The van der Waals surface area contributed by atoms with Gasteiger partial charge in [-0.1, -0.05) is 52.0 Å². The van der Waals surface area contributed by atoms with E-state index in [1.54, 1.807) is 6.07 Å². The lowest BCUT2D eigenvalue weighted by Crippen LogP contribution is -2.43. The molecule has 3 heteroatoms. The van der Waals surface area contributed by atoms with Crippen molar-refractivity contribution in [3.8, 4) is 28.4 Å². The average Bonchev–Trinajstić information content (AvgIpc) is 3.24. The van der Waals surface area contributed by atoms with Crippen LogP contribution in [-0.2, 0) is 11.8 Å². The van der Waals surface area contributed by atoms with Crippen molar-refractivity contribution in [1.29, 1.82) is 0 Å². The first-order valence-corrected chi connectivity index (χ1v) is 11.4. The summed E-state index contributed by atoms with van der Waals surface area (Å²) < 4.78 is 5.80. The topological polar surface area (TPSA) is 49.7 Å². The molecule has 1 heterocycles. The van der Waals surface area contributed by atoms with Crippen molar-refractivity contribution in [1.82, 2.24) is 0 Å². The molecule has 6 rings (SSSR count). The van der Waals surface area contributed by atoms with Crippen LogP contribution in [0.25, 0.3) is 21.9 Å². The van der Waals surface area contributed by atoms with E-state index in [1.807, 2.05) is 6.07 Å². The van der Waals surface area contributed by atoms with Gasteiger partial charge in [0, 0.05) is 28.2 Å². The molecule has 0 radical (unpaired) electrons. The molecule has 3 nitrogen and oxygen atoms in total. The molecule has 2 aliphatic carbocycles. The standard InChI is InChI=1S/C28H30O3/c1-26(2)13-27(3,4)15-28(14-26)19-8-6-5-7-16(19)24-20(28)12-21(29)18-11-22(30)25-17(23(18)24)9-10-31-25/h5-8,11-12,29-30H,9-10,13-15H2,1-4H3. The number of ether oxygens (including phenoxy) is 1. The third kappa shape index (κ3) is 2.46. The molecule has 3 aromatic carbocycles. The van der Waals surface area contributed by atoms with Crippen LogP contribution in [-0.4, -0.2) is 16.8 Å². The van der Waals surface area contributed by atoms with Crippen molar-refractivity contribution in [2.24, 2.45) is 10.8 Å². The molecule has 0 atom stereocenters. The highest BCUT2D eigenvalue weighted by molar-refractivity contribution is 6.08. The third-order valence-corrected chi connectivity index (χ3v) is 7.78. The Kier molecular flexibility index (Phi) is 3.54. The number of hydrogen-bond donors (Lipinski definition) is 2. The molecule has 0 unspecified atom stereocenters. The van der Waals surface area contributed by atoms with E-state index in [0.29, 0.717) is 12.4 Å². The Bertz CT molecular complexity index is 1250. The monoisotopic (exact) mass is 414 g/mol. The third-order valence-electron chi connectivity index (χ3n) is 7.78. The fraction of sp³-hybridized carbons (Fsp3) is 0.429. The second kappa shape index (κ2) is 5.76. The second-order valence-corrected chi connectivity index (χ2v) is 11.5. The highest BCUT2D eigenvalue weighted by Crippen LogP contribution is 2.65. The van der Waals surface area contributed by atoms with Gasteiger partial charge in [-0.25, -0.2) is 0 Å². The Balaban J connectivity index is 1.77. The molecule has 3 aliphatic rings. The number of phenols is 2. The summed E-state index contributed by atoms with van der Waals surface area (Å²) in [6.45, 7) is 10.1. The minimum atomic E-state index is -0.118. The summed E-state index contributed by atoms with van der Waals surface area (Å²) in [7, 11) is 0. The molecule has 0 aromatic heterocycles. The van der Waals surface area contributed by atoms with Crippen LogP contribution in [0.2, 0.25) is 0 Å². The summed E-state index contributed by atoms with van der Waals surface area (Å²) in [6.07, 6.45) is 4.07. The van der Waals surface area contributed by atoms with Crippen LogP contribution in [0, 0.1) is 10.8 Å². The van der Waals surface area contributed by atoms with Gasteiger partial charge < -0.3 is 14.9 Å². The summed E-state index contributed by atoms with van der Waals surface area (Å²) in [5.74, 6) is 0.964. The predicted octanol–water partition coefficient (Wildman–Crippen LogP) is 6.69. The van der Waals surface area contributed by atoms with E-state index in [-0.39, 0.29) is 27.7 Å². The minimum Gasteiger partial charge on any atom is -0.507 e. The molecule has 0 saturated heterocycles. The van der Waals surface area contributed by atoms with Gasteiger partial charge in [0.2, 0.25) is 0 Å². The van der Waals surface area contributed by atoms with Crippen molar-refractivity contribution in [3.63, 3.8) is 0 Å². The van der Waals surface area contributed by atoms with Crippen LogP contribution in [0.15, 0.2) is 36.4 Å². The molecule has 1 fully saturated rings. The molecular formula is C28H30O3. The van der Waals surface area contributed by atoms with E-state index < -0.39 is 0 Å².